The topological polar surface area (TPSA) is 138 Å². The van der Waals surface area contributed by atoms with E-state index in [1.807, 2.05) is 0 Å². The van der Waals surface area contributed by atoms with E-state index in [4.69, 9.17) is 10.3 Å². The molecule has 1 saturated heterocycles. The van der Waals surface area contributed by atoms with Crippen molar-refractivity contribution in [2.45, 2.75) is 12.2 Å². The number of carbonyl (C=O) groups is 3. The van der Waals surface area contributed by atoms with Crippen LogP contribution in [0.25, 0.3) is 0 Å². The molecule has 1 unspecified atom stereocenters. The third-order valence-corrected chi connectivity index (χ3v) is 4.30. The molecule has 0 saturated carbocycles. The van der Waals surface area contributed by atoms with Gasteiger partial charge >= 0.3 is 10.3 Å². The van der Waals surface area contributed by atoms with Gasteiger partial charge in [-0.3, -0.25) is 18.9 Å². The molecule has 1 aromatic carbocycles. The molecule has 110 valence electrons. The van der Waals surface area contributed by atoms with Crippen LogP contribution in [-0.2, 0) is 15.1 Å². The van der Waals surface area contributed by atoms with Gasteiger partial charge in [0.05, 0.1) is 11.1 Å². The van der Waals surface area contributed by atoms with Gasteiger partial charge < -0.3 is 5.73 Å². The first kappa shape index (κ1) is 13.7. The predicted molar refractivity (Wildman–Crippen MR) is 67.1 cm³/mol. The molecule has 0 aromatic heterocycles. The van der Waals surface area contributed by atoms with Gasteiger partial charge in [-0.05, 0) is 12.1 Å². The number of fused-ring (bicyclic) bond motifs is 1. The van der Waals surface area contributed by atoms with Gasteiger partial charge in [-0.1, -0.05) is 12.1 Å². The second-order valence-electron chi connectivity index (χ2n) is 4.58. The van der Waals surface area contributed by atoms with Gasteiger partial charge in [-0.2, -0.15) is 12.7 Å². The standard InChI is InChI=1S/C11H9N3O6S/c12-7-8(14(11(7)17)21(18,19)20)13-9(15)5-3-1-2-4-6(5)10(13)16/h1-4,7-8H,12H2,(H,18,19,20)/t7-,8?/m0/s1. The van der Waals surface area contributed by atoms with Crippen LogP contribution in [0.5, 0.6) is 0 Å². The lowest BCUT2D eigenvalue weighted by molar-refractivity contribution is -0.145. The second kappa shape index (κ2) is 4.10. The molecule has 3 rings (SSSR count). The molecule has 9 nitrogen and oxygen atoms in total. The van der Waals surface area contributed by atoms with E-state index in [1.54, 1.807) is 12.1 Å². The highest BCUT2D eigenvalue weighted by Crippen LogP contribution is 2.32. The van der Waals surface area contributed by atoms with Crippen LogP contribution < -0.4 is 5.73 Å². The molecule has 0 spiro atoms. The van der Waals surface area contributed by atoms with Crippen molar-refractivity contribution < 1.29 is 27.4 Å². The number of hydrogen-bond acceptors (Lipinski definition) is 6. The van der Waals surface area contributed by atoms with Crippen molar-refractivity contribution in [1.82, 2.24) is 9.21 Å². The van der Waals surface area contributed by atoms with Gasteiger partial charge in [-0.25, -0.2) is 4.90 Å². The molecule has 10 heteroatoms. The van der Waals surface area contributed by atoms with Crippen molar-refractivity contribution in [2.24, 2.45) is 5.73 Å². The fourth-order valence-electron chi connectivity index (χ4n) is 2.43. The Morgan fingerprint density at radius 1 is 1.05 bits per heavy atom. The predicted octanol–water partition coefficient (Wildman–Crippen LogP) is -1.42. The Morgan fingerprint density at radius 2 is 1.52 bits per heavy atom. The van der Waals surface area contributed by atoms with Gasteiger partial charge in [0.2, 0.25) is 0 Å². The smallest absolute Gasteiger partial charge is 0.317 e. The summed E-state index contributed by atoms with van der Waals surface area (Å²) in [5.41, 5.74) is 5.65. The molecule has 2 atom stereocenters. The number of imide groups is 1. The average molecular weight is 311 g/mol. The zero-order valence-electron chi connectivity index (χ0n) is 10.3. The van der Waals surface area contributed by atoms with Crippen molar-refractivity contribution in [3.05, 3.63) is 35.4 Å². The largest absolute Gasteiger partial charge is 0.364 e. The lowest BCUT2D eigenvalue weighted by atomic mass is 10.1. The molecule has 21 heavy (non-hydrogen) atoms. The second-order valence-corrected chi connectivity index (χ2v) is 5.87. The normalized spacial score (nSPS) is 25.1. The molecule has 2 aliphatic rings. The Kier molecular flexibility index (Phi) is 2.67. The number of benzene rings is 1. The highest BCUT2D eigenvalue weighted by molar-refractivity contribution is 7.84. The summed E-state index contributed by atoms with van der Waals surface area (Å²) in [6, 6.07) is 4.49. The van der Waals surface area contributed by atoms with E-state index >= 15 is 0 Å². The van der Waals surface area contributed by atoms with E-state index in [2.05, 4.69) is 0 Å². The van der Waals surface area contributed by atoms with Crippen LogP contribution in [0, 0.1) is 0 Å². The minimum absolute atomic E-state index is 0.0271. The van der Waals surface area contributed by atoms with Gasteiger partial charge in [0.15, 0.2) is 6.17 Å². The van der Waals surface area contributed by atoms with E-state index in [-0.39, 0.29) is 15.4 Å². The third kappa shape index (κ3) is 1.70. The van der Waals surface area contributed by atoms with Crippen molar-refractivity contribution in [3.63, 3.8) is 0 Å². The number of β-lactam (4-membered cyclic amide) rings is 1. The first-order valence-corrected chi connectivity index (χ1v) is 7.18. The van der Waals surface area contributed by atoms with Crippen molar-refractivity contribution in [2.75, 3.05) is 0 Å². The molecule has 3 amide bonds. The molecular weight excluding hydrogens is 302 g/mol. The molecule has 1 fully saturated rings. The minimum Gasteiger partial charge on any atom is -0.317 e. The number of nitrogens with two attached hydrogens (primary N) is 1. The summed E-state index contributed by atoms with van der Waals surface area (Å²) in [6.45, 7) is 0. The fourth-order valence-corrected chi connectivity index (χ4v) is 3.28. The van der Waals surface area contributed by atoms with Crippen LogP contribution in [0.3, 0.4) is 0 Å². The zero-order valence-corrected chi connectivity index (χ0v) is 11.1. The molecule has 0 bridgehead atoms. The van der Waals surface area contributed by atoms with E-state index in [1.165, 1.54) is 12.1 Å². The Balaban J connectivity index is 2.05. The molecular formula is C11H9N3O6S. The lowest BCUT2D eigenvalue weighted by Crippen LogP contribution is -2.76. The molecule has 2 aliphatic heterocycles. The van der Waals surface area contributed by atoms with Crippen LogP contribution in [0.15, 0.2) is 24.3 Å². The van der Waals surface area contributed by atoms with Gasteiger partial charge in [0.25, 0.3) is 17.7 Å². The Morgan fingerprint density at radius 3 is 1.95 bits per heavy atom. The molecule has 0 radical (unpaired) electrons. The van der Waals surface area contributed by atoms with E-state index < -0.39 is 40.2 Å². The van der Waals surface area contributed by atoms with Crippen LogP contribution in [-0.4, -0.2) is 52.1 Å². The summed E-state index contributed by atoms with van der Waals surface area (Å²) in [5.74, 6) is -2.62. The Hall–Kier alpha value is -2.30. The van der Waals surface area contributed by atoms with Crippen molar-refractivity contribution in [3.8, 4) is 0 Å². The monoisotopic (exact) mass is 311 g/mol. The maximum atomic E-state index is 12.2. The quantitative estimate of drug-likeness (QED) is 0.388. The van der Waals surface area contributed by atoms with Crippen molar-refractivity contribution >= 4 is 28.0 Å². The van der Waals surface area contributed by atoms with Gasteiger partial charge in [0.1, 0.15) is 6.04 Å². The van der Waals surface area contributed by atoms with Gasteiger partial charge in [0, 0.05) is 0 Å². The first-order chi connectivity index (χ1) is 9.75. The van der Waals surface area contributed by atoms with E-state index in [0.29, 0.717) is 4.90 Å². The van der Waals surface area contributed by atoms with E-state index in [0.717, 1.165) is 0 Å². The number of amides is 3. The first-order valence-electron chi connectivity index (χ1n) is 5.78. The summed E-state index contributed by atoms with van der Waals surface area (Å²) in [6.07, 6.45) is -1.56. The average Bonchev–Trinajstić information content (AvgIpc) is 2.67. The van der Waals surface area contributed by atoms with Crippen molar-refractivity contribution in [1.29, 1.82) is 0 Å². The van der Waals surface area contributed by atoms with Gasteiger partial charge in [-0.15, -0.1) is 0 Å². The maximum absolute atomic E-state index is 12.2. The highest BCUT2D eigenvalue weighted by Gasteiger charge is 2.58. The number of hydrogen-bond donors (Lipinski definition) is 2. The minimum atomic E-state index is -4.91. The van der Waals surface area contributed by atoms with Crippen LogP contribution >= 0.6 is 0 Å². The van der Waals surface area contributed by atoms with Crippen LogP contribution in [0.2, 0.25) is 0 Å². The summed E-state index contributed by atoms with van der Waals surface area (Å²) in [5, 5.41) is 0. The number of rotatable bonds is 2. The SMILES string of the molecule is N[C@@H]1C(=O)N(S(=O)(=O)O)C1N1C(=O)c2ccccc2C1=O. The molecule has 1 aromatic rings. The lowest BCUT2D eigenvalue weighted by Gasteiger charge is -2.45. The number of carbonyl (C=O) groups excluding carboxylic acids is 3. The third-order valence-electron chi connectivity index (χ3n) is 3.40. The zero-order chi connectivity index (χ0) is 15.5. The maximum Gasteiger partial charge on any atom is 0.364 e. The number of nitrogens with zero attached hydrogens (tertiary/aromatic N) is 2. The molecule has 3 N–H and O–H groups in total. The molecule has 2 heterocycles. The Bertz CT molecular complexity index is 754. The van der Waals surface area contributed by atoms with E-state index in [9.17, 15) is 22.8 Å². The summed E-state index contributed by atoms with van der Waals surface area (Å²) < 4.78 is 31.4. The Labute approximate surface area is 118 Å². The summed E-state index contributed by atoms with van der Waals surface area (Å²) in [7, 11) is -4.91. The molecule has 0 aliphatic carbocycles. The summed E-state index contributed by atoms with van der Waals surface area (Å²) in [4.78, 5) is 36.5. The fraction of sp³-hybridized carbons (Fsp3) is 0.182. The summed E-state index contributed by atoms with van der Waals surface area (Å²) >= 11 is 0. The van der Waals surface area contributed by atoms with Crippen LogP contribution in [0.1, 0.15) is 20.7 Å². The van der Waals surface area contributed by atoms with Crippen LogP contribution in [0.4, 0.5) is 0 Å². The highest BCUT2D eigenvalue weighted by atomic mass is 32.2.